The Morgan fingerprint density at radius 1 is 1.39 bits per heavy atom. The van der Waals surface area contributed by atoms with E-state index in [1.807, 2.05) is 0 Å². The summed E-state index contributed by atoms with van der Waals surface area (Å²) in [6.45, 7) is 1.76. The Morgan fingerprint density at radius 3 is 2.44 bits per heavy atom. The SMILES string of the molecule is C[C@@]1(C(=O)c2ccc([N+](=O)[O-])cc2)CCOC1=O. The molecule has 0 unspecified atom stereocenters. The van der Waals surface area contributed by atoms with Gasteiger partial charge in [-0.25, -0.2) is 0 Å². The number of nitro benzene ring substituents is 1. The number of esters is 1. The summed E-state index contributed by atoms with van der Waals surface area (Å²) in [5, 5.41) is 10.5. The third-order valence-electron chi connectivity index (χ3n) is 3.13. The third kappa shape index (κ3) is 1.85. The fourth-order valence-electron chi connectivity index (χ4n) is 1.87. The first kappa shape index (κ1) is 12.2. The van der Waals surface area contributed by atoms with E-state index in [-0.39, 0.29) is 23.6 Å². The third-order valence-corrected chi connectivity index (χ3v) is 3.13. The first-order chi connectivity index (χ1) is 8.45. The highest BCUT2D eigenvalue weighted by molar-refractivity contribution is 6.12. The van der Waals surface area contributed by atoms with E-state index >= 15 is 0 Å². The number of hydrogen-bond acceptors (Lipinski definition) is 5. The molecule has 0 amide bonds. The maximum Gasteiger partial charge on any atom is 0.319 e. The molecule has 1 aliphatic rings. The first-order valence-corrected chi connectivity index (χ1v) is 5.41. The van der Waals surface area contributed by atoms with E-state index in [4.69, 9.17) is 4.74 Å². The van der Waals surface area contributed by atoms with Crippen LogP contribution in [0.1, 0.15) is 23.7 Å². The van der Waals surface area contributed by atoms with Gasteiger partial charge in [0.1, 0.15) is 5.41 Å². The number of carbonyl (C=O) groups is 2. The molecule has 94 valence electrons. The fraction of sp³-hybridized carbons (Fsp3) is 0.333. The summed E-state index contributed by atoms with van der Waals surface area (Å²) in [5.41, 5.74) is -0.983. The van der Waals surface area contributed by atoms with E-state index < -0.39 is 16.3 Å². The first-order valence-electron chi connectivity index (χ1n) is 5.41. The topological polar surface area (TPSA) is 86.5 Å². The van der Waals surface area contributed by atoms with Gasteiger partial charge < -0.3 is 4.74 Å². The molecule has 1 aromatic carbocycles. The summed E-state index contributed by atoms with van der Waals surface area (Å²) in [5.74, 6) is -0.897. The summed E-state index contributed by atoms with van der Waals surface area (Å²) < 4.78 is 4.81. The average Bonchev–Trinajstić information content (AvgIpc) is 2.70. The van der Waals surface area contributed by atoms with Crippen molar-refractivity contribution in [3.05, 3.63) is 39.9 Å². The molecule has 0 bridgehead atoms. The molecule has 0 N–H and O–H groups in total. The van der Waals surface area contributed by atoms with Gasteiger partial charge in [0.05, 0.1) is 11.5 Å². The molecule has 1 saturated heterocycles. The van der Waals surface area contributed by atoms with Gasteiger partial charge in [0.25, 0.3) is 5.69 Å². The van der Waals surface area contributed by atoms with E-state index in [0.29, 0.717) is 6.42 Å². The number of cyclic esters (lactones) is 1. The second-order valence-electron chi connectivity index (χ2n) is 4.35. The number of ketones is 1. The Hall–Kier alpha value is -2.24. The highest BCUT2D eigenvalue weighted by Crippen LogP contribution is 2.33. The van der Waals surface area contributed by atoms with Crippen molar-refractivity contribution >= 4 is 17.4 Å². The van der Waals surface area contributed by atoms with Gasteiger partial charge in [0.15, 0.2) is 5.78 Å². The lowest BCUT2D eigenvalue weighted by molar-refractivity contribution is -0.384. The Balaban J connectivity index is 2.29. The molecule has 2 rings (SSSR count). The molecular formula is C12H11NO5. The molecule has 0 aliphatic carbocycles. The minimum atomic E-state index is -1.17. The van der Waals surface area contributed by atoms with Crippen molar-refractivity contribution in [3.63, 3.8) is 0 Å². The van der Waals surface area contributed by atoms with Gasteiger partial charge in [-0.1, -0.05) is 0 Å². The summed E-state index contributed by atoms with van der Waals surface area (Å²) in [4.78, 5) is 33.7. The quantitative estimate of drug-likeness (QED) is 0.267. The van der Waals surface area contributed by atoms with Crippen molar-refractivity contribution in [2.75, 3.05) is 6.61 Å². The van der Waals surface area contributed by atoms with Crippen molar-refractivity contribution in [2.45, 2.75) is 13.3 Å². The van der Waals surface area contributed by atoms with Crippen molar-refractivity contribution in [1.29, 1.82) is 0 Å². The molecule has 18 heavy (non-hydrogen) atoms. The molecule has 0 aromatic heterocycles. The van der Waals surface area contributed by atoms with E-state index in [9.17, 15) is 19.7 Å². The average molecular weight is 249 g/mol. The lowest BCUT2D eigenvalue weighted by Crippen LogP contribution is -2.32. The Morgan fingerprint density at radius 2 is 2.00 bits per heavy atom. The number of non-ortho nitro benzene ring substituents is 1. The van der Waals surface area contributed by atoms with Gasteiger partial charge in [0, 0.05) is 24.1 Å². The normalized spacial score (nSPS) is 22.6. The minimum Gasteiger partial charge on any atom is -0.465 e. The van der Waals surface area contributed by atoms with Gasteiger partial charge >= 0.3 is 5.97 Å². The lowest BCUT2D eigenvalue weighted by Gasteiger charge is -2.16. The molecule has 6 heteroatoms. The van der Waals surface area contributed by atoms with Crippen LogP contribution in [0.3, 0.4) is 0 Å². The van der Waals surface area contributed by atoms with Crippen molar-refractivity contribution in [3.8, 4) is 0 Å². The van der Waals surface area contributed by atoms with E-state index in [0.717, 1.165) is 0 Å². The predicted octanol–water partition coefficient (Wildman–Crippen LogP) is 1.73. The van der Waals surface area contributed by atoms with E-state index in [2.05, 4.69) is 0 Å². The Kier molecular flexibility index (Phi) is 2.86. The van der Waals surface area contributed by atoms with Crippen LogP contribution in [0.5, 0.6) is 0 Å². The summed E-state index contributed by atoms with van der Waals surface area (Å²) in [6.07, 6.45) is 0.335. The van der Waals surface area contributed by atoms with Crippen LogP contribution >= 0.6 is 0 Å². The van der Waals surface area contributed by atoms with Crippen LogP contribution in [0.4, 0.5) is 5.69 Å². The standard InChI is InChI=1S/C12H11NO5/c1-12(6-7-18-11(12)15)10(14)8-2-4-9(5-3-8)13(16)17/h2-5H,6-7H2,1H3/t12-/m0/s1. The van der Waals surface area contributed by atoms with E-state index in [1.54, 1.807) is 0 Å². The number of nitrogens with zero attached hydrogens (tertiary/aromatic N) is 1. The predicted molar refractivity (Wildman–Crippen MR) is 61.1 cm³/mol. The summed E-state index contributed by atoms with van der Waals surface area (Å²) in [6, 6.07) is 5.21. The number of hydrogen-bond donors (Lipinski definition) is 0. The zero-order chi connectivity index (χ0) is 13.3. The zero-order valence-corrected chi connectivity index (χ0v) is 9.71. The number of benzene rings is 1. The van der Waals surface area contributed by atoms with Crippen molar-refractivity contribution < 1.29 is 19.2 Å². The highest BCUT2D eigenvalue weighted by Gasteiger charge is 2.46. The molecule has 1 fully saturated rings. The molecule has 0 spiro atoms. The molecule has 6 nitrogen and oxygen atoms in total. The maximum atomic E-state index is 12.2. The van der Waals surface area contributed by atoms with Gasteiger partial charge in [-0.2, -0.15) is 0 Å². The van der Waals surface area contributed by atoms with E-state index in [1.165, 1.54) is 31.2 Å². The largest absolute Gasteiger partial charge is 0.465 e. The molecular weight excluding hydrogens is 238 g/mol. The molecule has 1 aromatic rings. The number of carbonyl (C=O) groups excluding carboxylic acids is 2. The molecule has 0 radical (unpaired) electrons. The van der Waals surface area contributed by atoms with Gasteiger partial charge in [0.2, 0.25) is 0 Å². The second kappa shape index (κ2) is 4.21. The molecule has 1 heterocycles. The van der Waals surface area contributed by atoms with Crippen LogP contribution < -0.4 is 0 Å². The second-order valence-corrected chi connectivity index (χ2v) is 4.35. The van der Waals surface area contributed by atoms with Crippen LogP contribution in [0.2, 0.25) is 0 Å². The Labute approximate surface area is 103 Å². The fourth-order valence-corrected chi connectivity index (χ4v) is 1.87. The van der Waals surface area contributed by atoms with Crippen LogP contribution in [-0.2, 0) is 9.53 Å². The lowest BCUT2D eigenvalue weighted by atomic mass is 9.81. The molecule has 1 atom stereocenters. The number of rotatable bonds is 3. The maximum absolute atomic E-state index is 12.2. The highest BCUT2D eigenvalue weighted by atomic mass is 16.6. The number of ether oxygens (including phenoxy) is 1. The van der Waals surface area contributed by atoms with Crippen LogP contribution in [-0.4, -0.2) is 23.3 Å². The van der Waals surface area contributed by atoms with Gasteiger partial charge in [-0.15, -0.1) is 0 Å². The van der Waals surface area contributed by atoms with Crippen LogP contribution in [0, 0.1) is 15.5 Å². The van der Waals surface area contributed by atoms with Gasteiger partial charge in [-0.3, -0.25) is 19.7 Å². The smallest absolute Gasteiger partial charge is 0.319 e. The summed E-state index contributed by atoms with van der Waals surface area (Å²) >= 11 is 0. The van der Waals surface area contributed by atoms with Crippen LogP contribution in [0.25, 0.3) is 0 Å². The van der Waals surface area contributed by atoms with Gasteiger partial charge in [-0.05, 0) is 19.1 Å². The zero-order valence-electron chi connectivity index (χ0n) is 9.71. The van der Waals surface area contributed by atoms with Crippen molar-refractivity contribution in [2.24, 2.45) is 5.41 Å². The minimum absolute atomic E-state index is 0.0919. The number of nitro groups is 1. The monoisotopic (exact) mass is 249 g/mol. The molecule has 1 aliphatic heterocycles. The number of Topliss-reactive ketones (excluding diaryl/α,β-unsaturated/α-hetero) is 1. The molecule has 0 saturated carbocycles. The van der Waals surface area contributed by atoms with Crippen molar-refractivity contribution in [1.82, 2.24) is 0 Å². The Bertz CT molecular complexity index is 522. The summed E-state index contributed by atoms with van der Waals surface area (Å²) in [7, 11) is 0. The van der Waals surface area contributed by atoms with Crippen LogP contribution in [0.15, 0.2) is 24.3 Å².